The van der Waals surface area contributed by atoms with E-state index in [2.05, 4.69) is 0 Å². The van der Waals surface area contributed by atoms with Crippen molar-refractivity contribution in [3.63, 3.8) is 0 Å². The molecule has 14 heavy (non-hydrogen) atoms. The number of rotatable bonds is 5. The fourth-order valence-corrected chi connectivity index (χ4v) is 1.73. The van der Waals surface area contributed by atoms with Crippen LogP contribution in [0.5, 0.6) is 0 Å². The van der Waals surface area contributed by atoms with Gasteiger partial charge in [0.05, 0.1) is 5.75 Å². The summed E-state index contributed by atoms with van der Waals surface area (Å²) in [5.41, 5.74) is 6.54. The van der Waals surface area contributed by atoms with Gasteiger partial charge in [0.1, 0.15) is 0 Å². The second-order valence-electron chi connectivity index (χ2n) is 2.88. The quantitative estimate of drug-likeness (QED) is 0.767. The molecule has 1 nitrogen and oxygen atoms in total. The monoisotopic (exact) mass is 217 g/mol. The highest BCUT2D eigenvalue weighted by molar-refractivity contribution is 7.99. The van der Waals surface area contributed by atoms with Crippen LogP contribution in [0.1, 0.15) is 5.56 Å². The van der Waals surface area contributed by atoms with Crippen molar-refractivity contribution in [3.05, 3.63) is 29.8 Å². The molecule has 0 radical (unpaired) electrons. The van der Waals surface area contributed by atoms with Gasteiger partial charge in [0.15, 0.2) is 0 Å². The lowest BCUT2D eigenvalue weighted by Gasteiger charge is -2.02. The molecule has 0 heterocycles. The van der Waals surface area contributed by atoms with Gasteiger partial charge >= 0.3 is 0 Å². The third kappa shape index (κ3) is 4.07. The Bertz CT molecular complexity index is 261. The number of alkyl halides is 2. The van der Waals surface area contributed by atoms with Crippen LogP contribution in [0.2, 0.25) is 0 Å². The molecule has 0 unspecified atom stereocenters. The number of benzene rings is 1. The number of hydrogen-bond donors (Lipinski definition) is 1. The van der Waals surface area contributed by atoms with E-state index in [-0.39, 0.29) is 5.75 Å². The van der Waals surface area contributed by atoms with Crippen molar-refractivity contribution in [2.45, 2.75) is 17.7 Å². The molecule has 0 spiro atoms. The molecule has 0 amide bonds. The molecule has 0 aromatic heterocycles. The molecular weight excluding hydrogens is 204 g/mol. The molecule has 2 N–H and O–H groups in total. The van der Waals surface area contributed by atoms with E-state index in [1.54, 1.807) is 0 Å². The molecule has 0 atom stereocenters. The zero-order valence-corrected chi connectivity index (χ0v) is 8.57. The Morgan fingerprint density at radius 2 is 1.86 bits per heavy atom. The molecule has 0 saturated heterocycles. The molecule has 0 fully saturated rings. The van der Waals surface area contributed by atoms with Crippen molar-refractivity contribution in [1.29, 1.82) is 0 Å². The van der Waals surface area contributed by atoms with E-state index in [1.807, 2.05) is 24.3 Å². The maximum absolute atomic E-state index is 11.9. The first kappa shape index (κ1) is 11.5. The van der Waals surface area contributed by atoms with Gasteiger partial charge in [-0.3, -0.25) is 0 Å². The van der Waals surface area contributed by atoms with E-state index in [0.29, 0.717) is 6.54 Å². The highest BCUT2D eigenvalue weighted by atomic mass is 32.2. The van der Waals surface area contributed by atoms with Crippen molar-refractivity contribution in [3.8, 4) is 0 Å². The van der Waals surface area contributed by atoms with Crippen LogP contribution in [0, 0.1) is 0 Å². The first-order valence-corrected chi connectivity index (χ1v) is 5.41. The Morgan fingerprint density at radius 1 is 1.21 bits per heavy atom. The number of halogens is 2. The maximum atomic E-state index is 11.9. The van der Waals surface area contributed by atoms with Crippen LogP contribution in [-0.4, -0.2) is 18.7 Å². The highest BCUT2D eigenvalue weighted by Gasteiger charge is 2.03. The molecule has 78 valence electrons. The fraction of sp³-hybridized carbons (Fsp3) is 0.400. The summed E-state index contributed by atoms with van der Waals surface area (Å²) < 4.78 is 23.8. The summed E-state index contributed by atoms with van der Waals surface area (Å²) in [5.74, 6) is -0.143. The normalized spacial score (nSPS) is 10.9. The Morgan fingerprint density at radius 3 is 2.36 bits per heavy atom. The minimum Gasteiger partial charge on any atom is -0.330 e. The second kappa shape index (κ2) is 5.98. The van der Waals surface area contributed by atoms with Crippen molar-refractivity contribution in [1.82, 2.24) is 0 Å². The van der Waals surface area contributed by atoms with E-state index in [9.17, 15) is 8.78 Å². The topological polar surface area (TPSA) is 26.0 Å². The average Bonchev–Trinajstić information content (AvgIpc) is 2.17. The largest absolute Gasteiger partial charge is 0.330 e. The summed E-state index contributed by atoms with van der Waals surface area (Å²) in [7, 11) is 0. The van der Waals surface area contributed by atoms with Crippen molar-refractivity contribution in [2.75, 3.05) is 12.3 Å². The van der Waals surface area contributed by atoms with Crippen LogP contribution in [0.15, 0.2) is 29.2 Å². The Hall–Kier alpha value is -0.610. The third-order valence-corrected chi connectivity index (χ3v) is 2.76. The summed E-state index contributed by atoms with van der Waals surface area (Å²) in [4.78, 5) is 0.881. The number of nitrogens with two attached hydrogens (primary N) is 1. The Balaban J connectivity index is 2.46. The lowest BCUT2D eigenvalue weighted by Crippen LogP contribution is -2.02. The molecule has 0 saturated carbocycles. The molecule has 1 aromatic carbocycles. The summed E-state index contributed by atoms with van der Waals surface area (Å²) in [6.45, 7) is 0.615. The molecule has 1 aromatic rings. The lowest BCUT2D eigenvalue weighted by molar-refractivity contribution is 0.177. The Labute approximate surface area is 86.7 Å². The van der Waals surface area contributed by atoms with Crippen molar-refractivity contribution in [2.24, 2.45) is 5.73 Å². The van der Waals surface area contributed by atoms with Crippen LogP contribution < -0.4 is 5.73 Å². The summed E-state index contributed by atoms with van der Waals surface area (Å²) >= 11 is 1.17. The molecule has 4 heteroatoms. The van der Waals surface area contributed by atoms with Crippen molar-refractivity contribution >= 4 is 11.8 Å². The maximum Gasteiger partial charge on any atom is 0.247 e. The van der Waals surface area contributed by atoms with Gasteiger partial charge in [-0.15, -0.1) is 11.8 Å². The van der Waals surface area contributed by atoms with E-state index in [1.165, 1.54) is 11.8 Å². The summed E-state index contributed by atoms with van der Waals surface area (Å²) in [5, 5.41) is 0. The van der Waals surface area contributed by atoms with Gasteiger partial charge in [-0.1, -0.05) is 12.1 Å². The van der Waals surface area contributed by atoms with Crippen LogP contribution in [0.3, 0.4) is 0 Å². The van der Waals surface area contributed by atoms with Gasteiger partial charge < -0.3 is 5.73 Å². The van der Waals surface area contributed by atoms with Gasteiger partial charge in [0.25, 0.3) is 0 Å². The molecule has 0 aliphatic heterocycles. The molecule has 0 bridgehead atoms. The summed E-state index contributed by atoms with van der Waals surface area (Å²) in [6.07, 6.45) is -1.41. The minimum absolute atomic E-state index is 0.143. The molecular formula is C10H13F2NS. The SMILES string of the molecule is NCCc1ccc(SCC(F)F)cc1. The highest BCUT2D eigenvalue weighted by Crippen LogP contribution is 2.20. The predicted octanol–water partition coefficient (Wildman–Crippen LogP) is 2.55. The number of hydrogen-bond acceptors (Lipinski definition) is 2. The lowest BCUT2D eigenvalue weighted by atomic mass is 10.2. The van der Waals surface area contributed by atoms with Gasteiger partial charge in [-0.25, -0.2) is 8.78 Å². The van der Waals surface area contributed by atoms with E-state index in [4.69, 9.17) is 5.73 Å². The second-order valence-corrected chi connectivity index (χ2v) is 3.98. The Kier molecular flexibility index (Phi) is 4.90. The molecule has 0 aliphatic rings. The van der Waals surface area contributed by atoms with Crippen LogP contribution in [0.4, 0.5) is 8.78 Å². The first-order chi connectivity index (χ1) is 6.72. The molecule has 0 aliphatic carbocycles. The zero-order valence-electron chi connectivity index (χ0n) is 7.75. The standard InChI is InChI=1S/C10H13F2NS/c11-10(12)7-14-9-3-1-8(2-4-9)5-6-13/h1-4,10H,5-7,13H2. The third-order valence-electron chi connectivity index (χ3n) is 1.73. The first-order valence-electron chi connectivity index (χ1n) is 4.42. The minimum atomic E-state index is -2.25. The van der Waals surface area contributed by atoms with Gasteiger partial charge in [0.2, 0.25) is 6.43 Å². The molecule has 1 rings (SSSR count). The predicted molar refractivity (Wildman–Crippen MR) is 55.9 cm³/mol. The van der Waals surface area contributed by atoms with Crippen LogP contribution >= 0.6 is 11.8 Å². The van der Waals surface area contributed by atoms with Gasteiger partial charge in [-0.2, -0.15) is 0 Å². The summed E-state index contributed by atoms with van der Waals surface area (Å²) in [6, 6.07) is 7.58. The van der Waals surface area contributed by atoms with E-state index >= 15 is 0 Å². The van der Waals surface area contributed by atoms with Crippen molar-refractivity contribution < 1.29 is 8.78 Å². The van der Waals surface area contributed by atoms with E-state index in [0.717, 1.165) is 16.9 Å². The average molecular weight is 217 g/mol. The number of thioether (sulfide) groups is 1. The van der Waals surface area contributed by atoms with Crippen LogP contribution in [0.25, 0.3) is 0 Å². The van der Waals surface area contributed by atoms with Gasteiger partial charge in [-0.05, 0) is 30.7 Å². The fourth-order valence-electron chi connectivity index (χ4n) is 1.08. The zero-order chi connectivity index (χ0) is 10.4. The van der Waals surface area contributed by atoms with Crippen LogP contribution in [-0.2, 0) is 6.42 Å². The van der Waals surface area contributed by atoms with E-state index < -0.39 is 6.43 Å². The van der Waals surface area contributed by atoms with Gasteiger partial charge in [0, 0.05) is 4.90 Å². The smallest absolute Gasteiger partial charge is 0.247 e.